The van der Waals surface area contributed by atoms with Gasteiger partial charge in [0, 0.05) is 31.0 Å². The molecule has 1 amide bonds. The van der Waals surface area contributed by atoms with Crippen LogP contribution in [-0.2, 0) is 0 Å². The van der Waals surface area contributed by atoms with Crippen LogP contribution in [0, 0.1) is 5.82 Å². The van der Waals surface area contributed by atoms with Crippen LogP contribution in [0.5, 0.6) is 0 Å². The number of hydrogen-bond acceptors (Lipinski definition) is 3. The molecule has 0 atom stereocenters. The zero-order valence-corrected chi connectivity index (χ0v) is 11.4. The van der Waals surface area contributed by atoms with Gasteiger partial charge < -0.3 is 16.0 Å². The topological polar surface area (TPSA) is 58.4 Å². The highest BCUT2D eigenvalue weighted by molar-refractivity contribution is 6.04. The van der Waals surface area contributed by atoms with Gasteiger partial charge in [-0.2, -0.15) is 0 Å². The average Bonchev–Trinajstić information content (AvgIpc) is 2.43. The largest absolute Gasteiger partial charge is 0.396 e. The summed E-state index contributed by atoms with van der Waals surface area (Å²) in [6, 6.07) is 11.3. The Kier molecular flexibility index (Phi) is 3.89. The van der Waals surface area contributed by atoms with Crippen LogP contribution in [0.2, 0.25) is 0 Å². The molecular weight excluding hydrogens is 257 g/mol. The van der Waals surface area contributed by atoms with E-state index in [1.54, 1.807) is 12.1 Å². The first-order chi connectivity index (χ1) is 9.47. The lowest BCUT2D eigenvalue weighted by atomic mass is 10.2. The first-order valence-corrected chi connectivity index (χ1v) is 6.11. The molecule has 20 heavy (non-hydrogen) atoms. The molecule has 0 fully saturated rings. The van der Waals surface area contributed by atoms with Crippen molar-refractivity contribution in [3.63, 3.8) is 0 Å². The van der Waals surface area contributed by atoms with Crippen molar-refractivity contribution < 1.29 is 9.18 Å². The van der Waals surface area contributed by atoms with Gasteiger partial charge in [-0.25, -0.2) is 4.39 Å². The Morgan fingerprint density at radius 2 is 1.80 bits per heavy atom. The molecule has 104 valence electrons. The van der Waals surface area contributed by atoms with Gasteiger partial charge in [-0.15, -0.1) is 0 Å². The number of carbonyl (C=O) groups excluding carboxylic acids is 1. The fourth-order valence-corrected chi connectivity index (χ4v) is 1.74. The quantitative estimate of drug-likeness (QED) is 0.845. The maximum Gasteiger partial charge on any atom is 0.255 e. The van der Waals surface area contributed by atoms with Gasteiger partial charge in [0.1, 0.15) is 5.82 Å². The molecule has 0 aromatic heterocycles. The van der Waals surface area contributed by atoms with Crippen LogP contribution in [0.15, 0.2) is 42.5 Å². The minimum Gasteiger partial charge on any atom is -0.396 e. The van der Waals surface area contributed by atoms with Gasteiger partial charge in [0.15, 0.2) is 0 Å². The molecule has 3 N–H and O–H groups in total. The van der Waals surface area contributed by atoms with Crippen molar-refractivity contribution in [2.24, 2.45) is 0 Å². The summed E-state index contributed by atoms with van der Waals surface area (Å²) in [6.07, 6.45) is 0. The van der Waals surface area contributed by atoms with Crippen LogP contribution >= 0.6 is 0 Å². The van der Waals surface area contributed by atoms with E-state index in [1.807, 2.05) is 31.1 Å². The number of rotatable bonds is 3. The molecule has 0 radical (unpaired) electrons. The molecule has 0 saturated heterocycles. The molecule has 0 aliphatic carbocycles. The van der Waals surface area contributed by atoms with Crippen molar-refractivity contribution in [1.29, 1.82) is 0 Å². The predicted molar refractivity (Wildman–Crippen MR) is 79.5 cm³/mol. The number of nitrogens with one attached hydrogen (secondary N) is 1. The Morgan fingerprint density at radius 1 is 1.15 bits per heavy atom. The molecule has 2 rings (SSSR count). The van der Waals surface area contributed by atoms with Gasteiger partial charge >= 0.3 is 0 Å². The maximum atomic E-state index is 13.0. The van der Waals surface area contributed by atoms with Crippen molar-refractivity contribution in [1.82, 2.24) is 0 Å². The minimum absolute atomic E-state index is 0.00533. The van der Waals surface area contributed by atoms with Gasteiger partial charge in [-0.05, 0) is 42.5 Å². The van der Waals surface area contributed by atoms with Gasteiger partial charge in [0.05, 0.1) is 5.69 Å². The summed E-state index contributed by atoms with van der Waals surface area (Å²) in [5.41, 5.74) is 7.46. The van der Waals surface area contributed by atoms with Crippen LogP contribution in [0.3, 0.4) is 0 Å². The monoisotopic (exact) mass is 273 g/mol. The average molecular weight is 273 g/mol. The number of nitrogens with zero attached hydrogens (tertiary/aromatic N) is 1. The molecule has 2 aromatic rings. The second-order valence-corrected chi connectivity index (χ2v) is 4.63. The van der Waals surface area contributed by atoms with Crippen molar-refractivity contribution in [3.8, 4) is 0 Å². The van der Waals surface area contributed by atoms with E-state index in [-0.39, 0.29) is 11.6 Å². The SMILES string of the molecule is CN(C)c1ccc(C(=O)Nc2ccc(F)c(N)c2)cc1. The molecule has 0 bridgehead atoms. The standard InChI is InChI=1S/C15H16FN3O/c1-19(2)12-6-3-10(4-7-12)15(20)18-11-5-8-13(16)14(17)9-11/h3-9H,17H2,1-2H3,(H,18,20). The van der Waals surface area contributed by atoms with E-state index in [2.05, 4.69) is 5.32 Å². The van der Waals surface area contributed by atoms with Crippen LogP contribution in [0.1, 0.15) is 10.4 Å². The van der Waals surface area contributed by atoms with Crippen LogP contribution < -0.4 is 16.0 Å². The Labute approximate surface area is 117 Å². The van der Waals surface area contributed by atoms with Crippen molar-refractivity contribution in [2.75, 3.05) is 30.0 Å². The Morgan fingerprint density at radius 3 is 2.35 bits per heavy atom. The molecular formula is C15H16FN3O. The zero-order valence-electron chi connectivity index (χ0n) is 11.4. The molecule has 0 spiro atoms. The Bertz CT molecular complexity index is 624. The number of halogens is 1. The Balaban J connectivity index is 2.13. The summed E-state index contributed by atoms with van der Waals surface area (Å²) in [5.74, 6) is -0.764. The van der Waals surface area contributed by atoms with Gasteiger partial charge in [0.2, 0.25) is 0 Å². The van der Waals surface area contributed by atoms with Crippen LogP contribution in [0.25, 0.3) is 0 Å². The molecule has 5 heteroatoms. The molecule has 0 aliphatic rings. The van der Waals surface area contributed by atoms with E-state index >= 15 is 0 Å². The fourth-order valence-electron chi connectivity index (χ4n) is 1.74. The summed E-state index contributed by atoms with van der Waals surface area (Å²) < 4.78 is 13.0. The number of anilines is 3. The second kappa shape index (κ2) is 5.61. The van der Waals surface area contributed by atoms with Gasteiger partial charge in [-0.3, -0.25) is 4.79 Å². The lowest BCUT2D eigenvalue weighted by Gasteiger charge is -2.12. The summed E-state index contributed by atoms with van der Waals surface area (Å²) in [7, 11) is 3.85. The fraction of sp³-hybridized carbons (Fsp3) is 0.133. The van der Waals surface area contributed by atoms with Crippen molar-refractivity contribution in [3.05, 3.63) is 53.8 Å². The number of nitrogens with two attached hydrogens (primary N) is 1. The highest BCUT2D eigenvalue weighted by Gasteiger charge is 2.07. The maximum absolute atomic E-state index is 13.0. The number of carbonyl (C=O) groups is 1. The summed E-state index contributed by atoms with van der Waals surface area (Å²) in [6.45, 7) is 0. The third-order valence-corrected chi connectivity index (χ3v) is 2.90. The van der Waals surface area contributed by atoms with Crippen LogP contribution in [-0.4, -0.2) is 20.0 Å². The first kappa shape index (κ1) is 13.9. The first-order valence-electron chi connectivity index (χ1n) is 6.11. The van der Waals surface area contributed by atoms with Crippen molar-refractivity contribution >= 4 is 23.0 Å². The summed E-state index contributed by atoms with van der Waals surface area (Å²) >= 11 is 0. The van der Waals surface area contributed by atoms with E-state index < -0.39 is 5.82 Å². The van der Waals surface area contributed by atoms with Gasteiger partial charge in [0.25, 0.3) is 5.91 Å². The molecule has 0 heterocycles. The molecule has 0 unspecified atom stereocenters. The highest BCUT2D eigenvalue weighted by atomic mass is 19.1. The van der Waals surface area contributed by atoms with E-state index in [0.717, 1.165) is 5.69 Å². The van der Waals surface area contributed by atoms with E-state index in [1.165, 1.54) is 18.2 Å². The smallest absolute Gasteiger partial charge is 0.255 e. The lowest BCUT2D eigenvalue weighted by molar-refractivity contribution is 0.102. The molecule has 2 aromatic carbocycles. The molecule has 0 saturated carbocycles. The normalized spacial score (nSPS) is 10.2. The van der Waals surface area contributed by atoms with E-state index in [0.29, 0.717) is 11.3 Å². The third-order valence-electron chi connectivity index (χ3n) is 2.90. The van der Waals surface area contributed by atoms with E-state index in [9.17, 15) is 9.18 Å². The lowest BCUT2D eigenvalue weighted by Crippen LogP contribution is -2.13. The van der Waals surface area contributed by atoms with Gasteiger partial charge in [-0.1, -0.05) is 0 Å². The third kappa shape index (κ3) is 3.06. The Hall–Kier alpha value is -2.56. The summed E-state index contributed by atoms with van der Waals surface area (Å²) in [5, 5.41) is 2.68. The number of nitrogen functional groups attached to an aromatic ring is 1. The number of benzene rings is 2. The highest BCUT2D eigenvalue weighted by Crippen LogP contribution is 2.18. The number of amides is 1. The zero-order chi connectivity index (χ0) is 14.7. The molecule has 0 aliphatic heterocycles. The minimum atomic E-state index is -0.502. The van der Waals surface area contributed by atoms with Crippen molar-refractivity contribution in [2.45, 2.75) is 0 Å². The number of hydrogen-bond donors (Lipinski definition) is 2. The van der Waals surface area contributed by atoms with Crippen LogP contribution in [0.4, 0.5) is 21.5 Å². The predicted octanol–water partition coefficient (Wildman–Crippen LogP) is 2.73. The second-order valence-electron chi connectivity index (χ2n) is 4.63. The van der Waals surface area contributed by atoms with E-state index in [4.69, 9.17) is 5.73 Å². The molecule has 4 nitrogen and oxygen atoms in total. The summed E-state index contributed by atoms with van der Waals surface area (Å²) in [4.78, 5) is 14.0.